The molecule has 4 heteroatoms. The number of nitrogens with one attached hydrogen (secondary N) is 1. The number of hydrogen-bond acceptors (Lipinski definition) is 1. The van der Waals surface area contributed by atoms with Crippen molar-refractivity contribution in [2.45, 2.75) is 19.9 Å². The van der Waals surface area contributed by atoms with Gasteiger partial charge in [-0.25, -0.2) is 0 Å². The minimum Gasteiger partial charge on any atom is -1.00 e. The Morgan fingerprint density at radius 1 is 1.28 bits per heavy atom. The number of rotatable bonds is 4. The zero-order valence-electron chi connectivity index (χ0n) is 11.4. The van der Waals surface area contributed by atoms with E-state index in [4.69, 9.17) is 0 Å². The van der Waals surface area contributed by atoms with Crippen molar-refractivity contribution in [2.75, 3.05) is 19.4 Å². The molecule has 3 nitrogen and oxygen atoms in total. The van der Waals surface area contributed by atoms with Crippen LogP contribution in [0.2, 0.25) is 0 Å². The van der Waals surface area contributed by atoms with Gasteiger partial charge in [-0.15, -0.1) is 0 Å². The molecule has 0 atom stereocenters. The summed E-state index contributed by atoms with van der Waals surface area (Å²) in [6, 6.07) is 8.42. The highest BCUT2D eigenvalue weighted by molar-refractivity contribution is 5.98. The molecule has 1 aromatic carbocycles. The van der Waals surface area contributed by atoms with Crippen LogP contribution < -0.4 is 26.8 Å². The molecule has 0 bridgehead atoms. The third-order valence-corrected chi connectivity index (χ3v) is 3.28. The van der Waals surface area contributed by atoms with E-state index in [-0.39, 0.29) is 22.9 Å². The van der Waals surface area contributed by atoms with Crippen LogP contribution in [0.15, 0.2) is 36.9 Å². The van der Waals surface area contributed by atoms with E-state index in [1.54, 1.807) is 0 Å². The fourth-order valence-corrected chi connectivity index (χ4v) is 1.42. The molecule has 0 spiro atoms. The fourth-order valence-electron chi connectivity index (χ4n) is 1.42. The van der Waals surface area contributed by atoms with E-state index in [1.807, 2.05) is 24.3 Å². The van der Waals surface area contributed by atoms with Crippen LogP contribution in [-0.4, -0.2) is 26.0 Å². The van der Waals surface area contributed by atoms with Crippen molar-refractivity contribution < 1.29 is 21.8 Å². The van der Waals surface area contributed by atoms with Crippen molar-refractivity contribution in [3.8, 4) is 0 Å². The van der Waals surface area contributed by atoms with E-state index >= 15 is 0 Å². The van der Waals surface area contributed by atoms with Gasteiger partial charge in [0, 0.05) is 17.8 Å². The zero-order chi connectivity index (χ0) is 13.1. The van der Waals surface area contributed by atoms with Gasteiger partial charge in [0.15, 0.2) is 0 Å². The predicted molar refractivity (Wildman–Crippen MR) is 74.0 cm³/mol. The third kappa shape index (κ3) is 3.96. The number of carbonyl (C=O) groups excluding carboxylic acids is 1. The molecule has 0 heterocycles. The first-order chi connectivity index (χ1) is 7.87. The molecule has 0 saturated heterocycles. The van der Waals surface area contributed by atoms with Crippen molar-refractivity contribution in [3.05, 3.63) is 36.9 Å². The van der Waals surface area contributed by atoms with Crippen molar-refractivity contribution >= 4 is 17.3 Å². The first kappa shape index (κ1) is 16.9. The summed E-state index contributed by atoms with van der Waals surface area (Å²) in [6.07, 6.45) is 1.27. The number of carbonyl (C=O) groups is 1. The lowest BCUT2D eigenvalue weighted by atomic mass is 10.2. The minimum atomic E-state index is -0.185. The molecule has 0 aliphatic carbocycles. The van der Waals surface area contributed by atoms with Crippen LogP contribution in [0.3, 0.4) is 0 Å². The molecule has 18 heavy (non-hydrogen) atoms. The van der Waals surface area contributed by atoms with Crippen LogP contribution in [0, 0.1) is 0 Å². The lowest BCUT2D eigenvalue weighted by molar-refractivity contribution is -0.111. The monoisotopic (exact) mass is 312 g/mol. The van der Waals surface area contributed by atoms with Crippen molar-refractivity contribution in [1.29, 1.82) is 0 Å². The Kier molecular flexibility index (Phi) is 6.29. The largest absolute Gasteiger partial charge is 1.00 e. The van der Waals surface area contributed by atoms with Gasteiger partial charge in [0.2, 0.25) is 5.91 Å². The molecule has 0 aliphatic heterocycles. The molecule has 0 saturated carbocycles. The van der Waals surface area contributed by atoms with Gasteiger partial charge in [0.05, 0.1) is 20.1 Å². The maximum atomic E-state index is 11.1. The number of quaternary nitrogens is 1. The second-order valence-electron chi connectivity index (χ2n) is 4.87. The molecule has 0 radical (unpaired) electrons. The average molecular weight is 313 g/mol. The van der Waals surface area contributed by atoms with Gasteiger partial charge in [0.25, 0.3) is 0 Å². The lowest BCUT2D eigenvalue weighted by Crippen LogP contribution is -3.00. The van der Waals surface area contributed by atoms with Crippen LogP contribution in [0.1, 0.15) is 13.8 Å². The van der Waals surface area contributed by atoms with Gasteiger partial charge in [-0.05, 0) is 32.1 Å². The predicted octanol–water partition coefficient (Wildman–Crippen LogP) is -0.210. The van der Waals surface area contributed by atoms with Crippen LogP contribution in [-0.2, 0) is 4.79 Å². The normalized spacial score (nSPS) is 10.7. The Hall–Kier alpha value is -1.13. The molecule has 0 aromatic heterocycles. The van der Waals surface area contributed by atoms with Crippen molar-refractivity contribution in [3.63, 3.8) is 0 Å². The van der Waals surface area contributed by atoms with Crippen LogP contribution >= 0.6 is 0 Å². The Morgan fingerprint density at radius 3 is 2.17 bits per heavy atom. The molecule has 100 valence electrons. The van der Waals surface area contributed by atoms with Gasteiger partial charge in [0.1, 0.15) is 5.69 Å². The molecule has 0 fully saturated rings. The number of halogens is 1. The van der Waals surface area contributed by atoms with Crippen molar-refractivity contribution in [2.24, 2.45) is 0 Å². The summed E-state index contributed by atoms with van der Waals surface area (Å²) in [5.41, 5.74) is 2.01. The fraction of sp³-hybridized carbons (Fsp3) is 0.357. The lowest BCUT2D eigenvalue weighted by Gasteiger charge is -2.33. The molecular weight excluding hydrogens is 292 g/mol. The highest BCUT2D eigenvalue weighted by Crippen LogP contribution is 2.23. The smallest absolute Gasteiger partial charge is 0.247 e. The summed E-state index contributed by atoms with van der Waals surface area (Å²) in [7, 11) is 4.34. The van der Waals surface area contributed by atoms with E-state index in [0.717, 1.165) is 10.2 Å². The second-order valence-corrected chi connectivity index (χ2v) is 4.87. The number of nitrogens with zero attached hydrogens (tertiary/aromatic N) is 1. The summed E-state index contributed by atoms with van der Waals surface area (Å²) >= 11 is 0. The molecule has 1 amide bonds. The molecule has 0 unspecified atom stereocenters. The quantitative estimate of drug-likeness (QED) is 0.605. The third-order valence-electron chi connectivity index (χ3n) is 3.28. The van der Waals surface area contributed by atoms with E-state index in [2.05, 4.69) is 39.8 Å². The first-order valence-electron chi connectivity index (χ1n) is 5.75. The van der Waals surface area contributed by atoms with Crippen LogP contribution in [0.5, 0.6) is 0 Å². The number of benzene rings is 1. The van der Waals surface area contributed by atoms with Gasteiger partial charge in [-0.3, -0.25) is 9.28 Å². The van der Waals surface area contributed by atoms with Gasteiger partial charge in [-0.2, -0.15) is 0 Å². The minimum absolute atomic E-state index is 0. The van der Waals surface area contributed by atoms with E-state index in [0.29, 0.717) is 6.04 Å². The van der Waals surface area contributed by atoms with Crippen LogP contribution in [0.4, 0.5) is 11.4 Å². The Balaban J connectivity index is 0.00000289. The highest BCUT2D eigenvalue weighted by atomic mass is 79.9. The molecule has 1 aromatic rings. The topological polar surface area (TPSA) is 29.1 Å². The van der Waals surface area contributed by atoms with Crippen molar-refractivity contribution in [1.82, 2.24) is 4.48 Å². The average Bonchev–Trinajstić information content (AvgIpc) is 2.29. The van der Waals surface area contributed by atoms with Crippen LogP contribution in [0.25, 0.3) is 0 Å². The van der Waals surface area contributed by atoms with Gasteiger partial charge < -0.3 is 22.3 Å². The maximum absolute atomic E-state index is 11.1. The number of anilines is 1. The Labute approximate surface area is 120 Å². The molecular formula is C14H21BrN2O. The maximum Gasteiger partial charge on any atom is 0.247 e. The number of hydrogen-bond donors (Lipinski definition) is 1. The highest BCUT2D eigenvalue weighted by Gasteiger charge is 2.22. The van der Waals surface area contributed by atoms with Gasteiger partial charge >= 0.3 is 0 Å². The molecule has 1 N–H and O–H groups in total. The number of amides is 1. The Bertz CT molecular complexity index is 410. The summed E-state index contributed by atoms with van der Waals surface area (Å²) < 4.78 is 0.815. The zero-order valence-corrected chi connectivity index (χ0v) is 13.0. The molecule has 0 aliphatic rings. The molecule has 1 rings (SSSR count). The summed E-state index contributed by atoms with van der Waals surface area (Å²) in [4.78, 5) is 11.1. The van der Waals surface area contributed by atoms with Gasteiger partial charge in [-0.1, -0.05) is 6.58 Å². The van der Waals surface area contributed by atoms with E-state index in [1.165, 1.54) is 11.8 Å². The SMILES string of the molecule is C=CC(=O)Nc1ccc([N+](C)(C)C(C)C)cc1.[Br-]. The van der Waals surface area contributed by atoms with E-state index in [9.17, 15) is 4.79 Å². The van der Waals surface area contributed by atoms with E-state index < -0.39 is 0 Å². The standard InChI is InChI=1S/C14H20N2O.BrH/c1-6-14(17)15-12-7-9-13(10-8-12)16(4,5)11(2)3;/h6-11H,1H2,2-5H3;1H. The second kappa shape index (κ2) is 6.71. The Morgan fingerprint density at radius 2 is 1.78 bits per heavy atom. The first-order valence-corrected chi connectivity index (χ1v) is 5.75. The summed E-state index contributed by atoms with van der Waals surface area (Å²) in [5, 5.41) is 2.74. The summed E-state index contributed by atoms with van der Waals surface area (Å²) in [6.45, 7) is 7.80. The summed E-state index contributed by atoms with van der Waals surface area (Å²) in [5.74, 6) is -0.185.